The van der Waals surface area contributed by atoms with Gasteiger partial charge in [-0.15, -0.1) is 0 Å². The molecule has 0 aromatic rings. The molecular weight excluding hydrogens is 220 g/mol. The summed E-state index contributed by atoms with van der Waals surface area (Å²) in [5.74, 6) is 1.81. The highest BCUT2D eigenvalue weighted by molar-refractivity contribution is 4.81. The summed E-state index contributed by atoms with van der Waals surface area (Å²) in [6.45, 7) is 6.06. The molecule has 2 N–H and O–H groups in total. The number of piperidine rings is 1. The summed E-state index contributed by atoms with van der Waals surface area (Å²) in [6.07, 6.45) is 12.6. The molecule has 2 nitrogen and oxygen atoms in total. The van der Waals surface area contributed by atoms with Crippen LogP contribution in [0, 0.1) is 11.8 Å². The second-order valence-corrected chi connectivity index (χ2v) is 6.59. The van der Waals surface area contributed by atoms with Crippen LogP contribution in [0.15, 0.2) is 0 Å². The van der Waals surface area contributed by atoms with Gasteiger partial charge in [0.25, 0.3) is 0 Å². The summed E-state index contributed by atoms with van der Waals surface area (Å²) in [7, 11) is 0. The number of rotatable bonds is 5. The summed E-state index contributed by atoms with van der Waals surface area (Å²) in [5, 5.41) is 0. The molecule has 1 aliphatic carbocycles. The largest absolute Gasteiger partial charge is 0.326 e. The molecule has 2 fully saturated rings. The monoisotopic (exact) mass is 252 g/mol. The van der Waals surface area contributed by atoms with Crippen molar-refractivity contribution in [1.29, 1.82) is 0 Å². The van der Waals surface area contributed by atoms with Gasteiger partial charge in [-0.2, -0.15) is 0 Å². The quantitative estimate of drug-likeness (QED) is 0.812. The van der Waals surface area contributed by atoms with Crippen LogP contribution in [0.25, 0.3) is 0 Å². The fraction of sp³-hybridized carbons (Fsp3) is 1.00. The third-order valence-corrected chi connectivity index (χ3v) is 5.13. The zero-order valence-corrected chi connectivity index (χ0v) is 12.2. The van der Waals surface area contributed by atoms with E-state index in [4.69, 9.17) is 5.73 Å². The Hall–Kier alpha value is -0.0800. The van der Waals surface area contributed by atoms with Gasteiger partial charge in [0.2, 0.25) is 0 Å². The molecule has 2 aliphatic rings. The van der Waals surface area contributed by atoms with Gasteiger partial charge in [0, 0.05) is 12.6 Å². The smallest absolute Gasteiger partial charge is 0.0196 e. The molecule has 1 heterocycles. The van der Waals surface area contributed by atoms with Gasteiger partial charge < -0.3 is 10.6 Å². The SMILES string of the molecule is CCCC1CCN(CC(N)C2CCCCC2)CC1. The molecule has 1 aliphatic heterocycles. The number of nitrogens with two attached hydrogens (primary N) is 1. The van der Waals surface area contributed by atoms with Crippen LogP contribution in [0.1, 0.15) is 64.7 Å². The fourth-order valence-corrected chi connectivity index (χ4v) is 3.88. The maximum absolute atomic E-state index is 6.43. The molecule has 2 rings (SSSR count). The standard InChI is InChI=1S/C16H32N2/c1-2-6-14-9-11-18(12-10-14)13-16(17)15-7-4-3-5-8-15/h14-16H,2-13,17H2,1H3. The van der Waals surface area contributed by atoms with E-state index in [1.54, 1.807) is 0 Å². The first-order chi connectivity index (χ1) is 8.79. The highest BCUT2D eigenvalue weighted by atomic mass is 15.1. The van der Waals surface area contributed by atoms with Gasteiger partial charge in [0.15, 0.2) is 0 Å². The van der Waals surface area contributed by atoms with Crippen LogP contribution in [0.5, 0.6) is 0 Å². The molecule has 106 valence electrons. The number of hydrogen-bond acceptors (Lipinski definition) is 2. The van der Waals surface area contributed by atoms with Crippen molar-refractivity contribution in [3.8, 4) is 0 Å². The zero-order valence-electron chi connectivity index (χ0n) is 12.2. The average molecular weight is 252 g/mol. The highest BCUT2D eigenvalue weighted by Crippen LogP contribution is 2.27. The van der Waals surface area contributed by atoms with E-state index in [0.29, 0.717) is 6.04 Å². The Kier molecular flexibility index (Phi) is 5.97. The Balaban J connectivity index is 1.67. The lowest BCUT2D eigenvalue weighted by atomic mass is 9.83. The maximum atomic E-state index is 6.43. The molecule has 1 unspecified atom stereocenters. The topological polar surface area (TPSA) is 29.3 Å². The summed E-state index contributed by atoms with van der Waals surface area (Å²) in [4.78, 5) is 2.63. The van der Waals surface area contributed by atoms with Crippen molar-refractivity contribution in [1.82, 2.24) is 4.90 Å². The molecule has 0 aromatic carbocycles. The van der Waals surface area contributed by atoms with Gasteiger partial charge >= 0.3 is 0 Å². The van der Waals surface area contributed by atoms with Crippen molar-refractivity contribution in [2.75, 3.05) is 19.6 Å². The van der Waals surface area contributed by atoms with Crippen molar-refractivity contribution in [2.45, 2.75) is 70.8 Å². The predicted octanol–water partition coefficient (Wildman–Crippen LogP) is 3.41. The third kappa shape index (κ3) is 4.24. The molecule has 0 aromatic heterocycles. The van der Waals surface area contributed by atoms with E-state index < -0.39 is 0 Å². The van der Waals surface area contributed by atoms with Crippen LogP contribution in [0.4, 0.5) is 0 Å². The van der Waals surface area contributed by atoms with Crippen molar-refractivity contribution in [3.05, 3.63) is 0 Å². The summed E-state index contributed by atoms with van der Waals surface area (Å²) in [6, 6.07) is 0.438. The van der Waals surface area contributed by atoms with Crippen molar-refractivity contribution in [3.63, 3.8) is 0 Å². The van der Waals surface area contributed by atoms with Crippen molar-refractivity contribution in [2.24, 2.45) is 17.6 Å². The molecule has 1 atom stereocenters. The fourth-order valence-electron chi connectivity index (χ4n) is 3.88. The number of nitrogens with zero attached hydrogens (tertiary/aromatic N) is 1. The van der Waals surface area contributed by atoms with E-state index in [9.17, 15) is 0 Å². The normalized spacial score (nSPS) is 26.3. The van der Waals surface area contributed by atoms with Gasteiger partial charge in [0.05, 0.1) is 0 Å². The molecule has 0 radical (unpaired) electrons. The highest BCUT2D eigenvalue weighted by Gasteiger charge is 2.24. The predicted molar refractivity (Wildman–Crippen MR) is 78.6 cm³/mol. The maximum Gasteiger partial charge on any atom is 0.0196 e. The van der Waals surface area contributed by atoms with Gasteiger partial charge in [-0.3, -0.25) is 0 Å². The van der Waals surface area contributed by atoms with Crippen molar-refractivity contribution < 1.29 is 0 Å². The minimum atomic E-state index is 0.438. The Labute approximate surface area is 113 Å². The lowest BCUT2D eigenvalue weighted by Crippen LogP contribution is -2.45. The Morgan fingerprint density at radius 1 is 1.06 bits per heavy atom. The molecule has 1 saturated carbocycles. The van der Waals surface area contributed by atoms with Crippen LogP contribution < -0.4 is 5.73 Å². The van der Waals surface area contributed by atoms with E-state index in [1.165, 1.54) is 70.9 Å². The van der Waals surface area contributed by atoms with E-state index in [0.717, 1.165) is 18.4 Å². The zero-order chi connectivity index (χ0) is 12.8. The van der Waals surface area contributed by atoms with E-state index >= 15 is 0 Å². The van der Waals surface area contributed by atoms with E-state index in [2.05, 4.69) is 11.8 Å². The molecule has 0 amide bonds. The Morgan fingerprint density at radius 3 is 2.33 bits per heavy atom. The van der Waals surface area contributed by atoms with E-state index in [-0.39, 0.29) is 0 Å². The van der Waals surface area contributed by atoms with Crippen LogP contribution in [0.2, 0.25) is 0 Å². The molecule has 1 saturated heterocycles. The lowest BCUT2D eigenvalue weighted by Gasteiger charge is -2.36. The van der Waals surface area contributed by atoms with E-state index in [1.807, 2.05) is 0 Å². The number of hydrogen-bond donors (Lipinski definition) is 1. The summed E-state index contributed by atoms with van der Waals surface area (Å²) in [5.41, 5.74) is 6.43. The lowest BCUT2D eigenvalue weighted by molar-refractivity contribution is 0.149. The van der Waals surface area contributed by atoms with Crippen LogP contribution in [-0.2, 0) is 0 Å². The van der Waals surface area contributed by atoms with Crippen LogP contribution in [0.3, 0.4) is 0 Å². The van der Waals surface area contributed by atoms with Gasteiger partial charge in [-0.05, 0) is 50.6 Å². The first-order valence-electron chi connectivity index (χ1n) is 8.27. The average Bonchev–Trinajstić information content (AvgIpc) is 2.42. The molecule has 18 heavy (non-hydrogen) atoms. The van der Waals surface area contributed by atoms with Gasteiger partial charge in [-0.25, -0.2) is 0 Å². The van der Waals surface area contributed by atoms with Crippen LogP contribution >= 0.6 is 0 Å². The second kappa shape index (κ2) is 7.49. The summed E-state index contributed by atoms with van der Waals surface area (Å²) >= 11 is 0. The van der Waals surface area contributed by atoms with Crippen LogP contribution in [-0.4, -0.2) is 30.6 Å². The van der Waals surface area contributed by atoms with Gasteiger partial charge in [0.1, 0.15) is 0 Å². The molecule has 0 bridgehead atoms. The Bertz CT molecular complexity index is 215. The molecular formula is C16H32N2. The van der Waals surface area contributed by atoms with Gasteiger partial charge in [-0.1, -0.05) is 39.0 Å². The molecule has 0 spiro atoms. The number of likely N-dealkylation sites (tertiary alicyclic amines) is 1. The Morgan fingerprint density at radius 2 is 1.72 bits per heavy atom. The summed E-state index contributed by atoms with van der Waals surface area (Å²) < 4.78 is 0. The minimum Gasteiger partial charge on any atom is -0.326 e. The van der Waals surface area contributed by atoms with Crippen molar-refractivity contribution >= 4 is 0 Å². The molecule has 2 heteroatoms. The second-order valence-electron chi connectivity index (χ2n) is 6.59. The first-order valence-corrected chi connectivity index (χ1v) is 8.27. The first kappa shape index (κ1) is 14.3. The third-order valence-electron chi connectivity index (χ3n) is 5.13. The minimum absolute atomic E-state index is 0.438.